The number of fused-ring (bicyclic) bond motifs is 1. The summed E-state index contributed by atoms with van der Waals surface area (Å²) in [6.07, 6.45) is 0.450. The van der Waals surface area contributed by atoms with Gasteiger partial charge in [0.15, 0.2) is 0 Å². The minimum atomic E-state index is -0.439. The molecule has 0 atom stereocenters. The van der Waals surface area contributed by atoms with Crippen LogP contribution in [0.25, 0.3) is 11.0 Å². The molecule has 1 aromatic carbocycles. The van der Waals surface area contributed by atoms with E-state index >= 15 is 0 Å². The predicted molar refractivity (Wildman–Crippen MR) is 56.9 cm³/mol. The second-order valence-corrected chi connectivity index (χ2v) is 3.19. The summed E-state index contributed by atoms with van der Waals surface area (Å²) in [5.74, 6) is -0.385. The van der Waals surface area contributed by atoms with Crippen molar-refractivity contribution in [1.82, 2.24) is 0 Å². The van der Waals surface area contributed by atoms with Crippen LogP contribution in [0.3, 0.4) is 0 Å². The number of anilines is 1. The van der Waals surface area contributed by atoms with E-state index < -0.39 is 5.69 Å². The van der Waals surface area contributed by atoms with Crippen molar-refractivity contribution < 1.29 is 19.0 Å². The van der Waals surface area contributed by atoms with Crippen molar-refractivity contribution in [2.75, 3.05) is 5.32 Å². The van der Waals surface area contributed by atoms with Crippen LogP contribution in [-0.2, 0) is 4.79 Å². The fourth-order valence-electron chi connectivity index (χ4n) is 1.55. The molecule has 86 valence electrons. The zero-order valence-corrected chi connectivity index (χ0v) is 8.49. The lowest BCUT2D eigenvalue weighted by atomic mass is 10.3. The molecule has 1 aromatic heterocycles. The first-order chi connectivity index (χ1) is 8.20. The molecule has 0 fully saturated rings. The molecule has 17 heavy (non-hydrogen) atoms. The van der Waals surface area contributed by atoms with Gasteiger partial charge < -0.3 is 10.4 Å². The maximum atomic E-state index is 11.8. The molecule has 2 rings (SSSR count). The molecule has 0 saturated heterocycles. The lowest BCUT2D eigenvalue weighted by Crippen LogP contribution is -2.44. The fraction of sp³-hybridized carbons (Fsp3) is 0. The Labute approximate surface area is 95.1 Å². The molecular weight excluding hydrogens is 226 g/mol. The third kappa shape index (κ3) is 1.53. The zero-order valence-electron chi connectivity index (χ0n) is 8.49. The summed E-state index contributed by atoms with van der Waals surface area (Å²) in [6.45, 7) is 0. The van der Waals surface area contributed by atoms with E-state index in [-0.39, 0.29) is 29.5 Å². The van der Waals surface area contributed by atoms with E-state index in [1.807, 2.05) is 5.32 Å². The molecule has 1 heterocycles. The van der Waals surface area contributed by atoms with Crippen molar-refractivity contribution in [3.8, 4) is 0 Å². The highest BCUT2D eigenvalue weighted by Crippen LogP contribution is 2.10. The normalized spacial score (nSPS) is 10.1. The number of amides is 1. The SMILES string of the molecule is O=CNc1c(C=O)[n+]([O-])c2ccccc2[n+]1[O-]. The molecule has 0 aliphatic heterocycles. The van der Waals surface area contributed by atoms with Crippen LogP contribution in [0.2, 0.25) is 0 Å². The molecule has 0 bridgehead atoms. The number of carbonyl (C=O) groups excluding carboxylic acids is 2. The Bertz CT molecular complexity index is 612. The molecule has 7 nitrogen and oxygen atoms in total. The first kappa shape index (κ1) is 10.8. The van der Waals surface area contributed by atoms with E-state index in [2.05, 4.69) is 0 Å². The van der Waals surface area contributed by atoms with Crippen LogP contribution in [0.5, 0.6) is 0 Å². The van der Waals surface area contributed by atoms with E-state index in [9.17, 15) is 20.0 Å². The third-order valence-corrected chi connectivity index (χ3v) is 2.29. The Morgan fingerprint density at radius 2 is 1.65 bits per heavy atom. The van der Waals surface area contributed by atoms with Crippen LogP contribution in [0.4, 0.5) is 5.82 Å². The monoisotopic (exact) mass is 233 g/mol. The van der Waals surface area contributed by atoms with E-state index in [0.29, 0.717) is 9.46 Å². The summed E-state index contributed by atoms with van der Waals surface area (Å²) in [4.78, 5) is 21.1. The molecule has 0 aliphatic rings. The van der Waals surface area contributed by atoms with Gasteiger partial charge >= 0.3 is 11.5 Å². The number of rotatable bonds is 3. The number of para-hydroxylation sites is 2. The number of benzene rings is 1. The van der Waals surface area contributed by atoms with Gasteiger partial charge in [0.25, 0.3) is 11.9 Å². The highest BCUT2D eigenvalue weighted by atomic mass is 16.5. The van der Waals surface area contributed by atoms with Crippen LogP contribution in [0.15, 0.2) is 24.3 Å². The van der Waals surface area contributed by atoms with Crippen molar-refractivity contribution in [2.45, 2.75) is 0 Å². The summed E-state index contributed by atoms with van der Waals surface area (Å²) in [6, 6.07) is 5.97. The first-order valence-electron chi connectivity index (χ1n) is 4.64. The van der Waals surface area contributed by atoms with E-state index in [1.165, 1.54) is 12.1 Å². The van der Waals surface area contributed by atoms with Gasteiger partial charge in [-0.2, -0.15) is 4.73 Å². The molecule has 0 radical (unpaired) electrons. The van der Waals surface area contributed by atoms with E-state index in [1.54, 1.807) is 12.1 Å². The Kier molecular flexibility index (Phi) is 2.57. The van der Waals surface area contributed by atoms with Gasteiger partial charge in [-0.3, -0.25) is 9.59 Å². The van der Waals surface area contributed by atoms with Crippen LogP contribution in [-0.4, -0.2) is 12.7 Å². The van der Waals surface area contributed by atoms with Gasteiger partial charge in [0.05, 0.1) is 0 Å². The van der Waals surface area contributed by atoms with Gasteiger partial charge in [0.2, 0.25) is 11.8 Å². The standard InChI is InChI=1S/C10H7N3O4/c14-5-9-10(11-6-15)13(17)8-4-2-1-3-7(8)12(9)16/h1-6H,(H,11,15). The maximum absolute atomic E-state index is 11.8. The smallest absolute Gasteiger partial charge is 0.363 e. The second kappa shape index (κ2) is 4.05. The Morgan fingerprint density at radius 1 is 1.06 bits per heavy atom. The highest BCUT2D eigenvalue weighted by Gasteiger charge is 2.25. The quantitative estimate of drug-likeness (QED) is 0.438. The maximum Gasteiger partial charge on any atom is 0.363 e. The van der Waals surface area contributed by atoms with Crippen molar-refractivity contribution in [3.63, 3.8) is 0 Å². The molecule has 2 aromatic rings. The molecule has 1 amide bonds. The predicted octanol–water partition coefficient (Wildman–Crippen LogP) is -0.513. The fourth-order valence-corrected chi connectivity index (χ4v) is 1.55. The van der Waals surface area contributed by atoms with Gasteiger partial charge in [-0.1, -0.05) is 12.1 Å². The number of aldehydes is 1. The van der Waals surface area contributed by atoms with E-state index in [4.69, 9.17) is 0 Å². The zero-order chi connectivity index (χ0) is 12.4. The Balaban J connectivity index is 2.93. The Hall–Kier alpha value is -2.70. The summed E-state index contributed by atoms with van der Waals surface area (Å²) in [5, 5.41) is 25.7. The summed E-state index contributed by atoms with van der Waals surface area (Å²) in [5.41, 5.74) is -0.315. The van der Waals surface area contributed by atoms with E-state index in [0.717, 1.165) is 0 Å². The molecule has 0 aliphatic carbocycles. The van der Waals surface area contributed by atoms with Crippen LogP contribution >= 0.6 is 0 Å². The second-order valence-electron chi connectivity index (χ2n) is 3.19. The Morgan fingerprint density at radius 3 is 2.18 bits per heavy atom. The van der Waals surface area contributed by atoms with Gasteiger partial charge in [-0.15, -0.1) is 0 Å². The van der Waals surface area contributed by atoms with Gasteiger partial charge in [0.1, 0.15) is 0 Å². The molecule has 1 N–H and O–H groups in total. The van der Waals surface area contributed by atoms with Crippen molar-refractivity contribution in [3.05, 3.63) is 40.4 Å². The van der Waals surface area contributed by atoms with Crippen LogP contribution < -0.4 is 14.8 Å². The summed E-state index contributed by atoms with van der Waals surface area (Å²) >= 11 is 0. The first-order valence-corrected chi connectivity index (χ1v) is 4.64. The minimum absolute atomic E-state index is 0.0565. The molecule has 7 heteroatoms. The summed E-state index contributed by atoms with van der Waals surface area (Å²) in [7, 11) is 0. The molecule has 0 unspecified atom stereocenters. The van der Waals surface area contributed by atoms with Gasteiger partial charge in [-0.25, -0.2) is 10.0 Å². The average Bonchev–Trinajstić information content (AvgIpc) is 2.36. The average molecular weight is 233 g/mol. The lowest BCUT2D eigenvalue weighted by molar-refractivity contribution is -0.619. The minimum Gasteiger partial charge on any atom is -0.710 e. The number of nitrogens with one attached hydrogen (secondary N) is 1. The molecule has 0 spiro atoms. The number of aromatic nitrogens is 2. The van der Waals surface area contributed by atoms with Crippen molar-refractivity contribution >= 4 is 29.5 Å². The third-order valence-electron chi connectivity index (χ3n) is 2.29. The molecule has 0 saturated carbocycles. The topological polar surface area (TPSA) is 100 Å². The van der Waals surface area contributed by atoms with Crippen molar-refractivity contribution in [1.29, 1.82) is 0 Å². The largest absolute Gasteiger partial charge is 0.710 e. The van der Waals surface area contributed by atoms with Crippen LogP contribution in [0, 0.1) is 10.4 Å². The highest BCUT2D eigenvalue weighted by molar-refractivity contribution is 5.83. The number of carbonyl (C=O) groups is 2. The number of hydrogen-bond acceptors (Lipinski definition) is 4. The van der Waals surface area contributed by atoms with Crippen LogP contribution in [0.1, 0.15) is 10.5 Å². The lowest BCUT2D eigenvalue weighted by Gasteiger charge is -2.11. The number of hydrogen-bond donors (Lipinski definition) is 1. The summed E-state index contributed by atoms with van der Waals surface area (Å²) < 4.78 is 0.643. The van der Waals surface area contributed by atoms with Crippen molar-refractivity contribution in [2.24, 2.45) is 0 Å². The van der Waals surface area contributed by atoms with Gasteiger partial charge in [-0.05, 0) is 6.07 Å². The number of nitrogens with zero attached hydrogens (tertiary/aromatic N) is 2. The van der Waals surface area contributed by atoms with Gasteiger partial charge in [0, 0.05) is 6.07 Å². The molecular formula is C10H7N3O4.